The first-order valence-corrected chi connectivity index (χ1v) is 5.90. The second-order valence-corrected chi connectivity index (χ2v) is 3.94. The zero-order valence-electron chi connectivity index (χ0n) is 10.8. The lowest BCUT2D eigenvalue weighted by molar-refractivity contribution is 0.708. The van der Waals surface area contributed by atoms with E-state index in [0.29, 0.717) is 5.82 Å². The largest absolute Gasteiger partial charge is 0.368 e. The third kappa shape index (κ3) is 1.99. The summed E-state index contributed by atoms with van der Waals surface area (Å²) in [6.07, 6.45) is 0.852. The molecule has 0 bridgehead atoms. The lowest BCUT2D eigenvalue weighted by atomic mass is 10.3. The molecule has 0 atom stereocenters. The van der Waals surface area contributed by atoms with Gasteiger partial charge in [0.15, 0.2) is 5.82 Å². The van der Waals surface area contributed by atoms with Gasteiger partial charge in [-0.3, -0.25) is 0 Å². The molecule has 0 aromatic carbocycles. The summed E-state index contributed by atoms with van der Waals surface area (Å²) in [5, 5.41) is 0. The van der Waals surface area contributed by atoms with E-state index in [0.717, 1.165) is 30.2 Å². The topological polar surface area (TPSA) is 109 Å². The minimum Gasteiger partial charge on any atom is -0.368 e. The van der Waals surface area contributed by atoms with Crippen molar-refractivity contribution in [3.63, 3.8) is 0 Å². The molecule has 0 aliphatic carbocycles. The molecule has 7 heteroatoms. The molecule has 0 amide bonds. The average molecular weight is 247 g/mol. The van der Waals surface area contributed by atoms with E-state index < -0.39 is 0 Å². The Balaban J connectivity index is 2.66. The molecule has 0 saturated carbocycles. The van der Waals surface area contributed by atoms with Crippen molar-refractivity contribution in [2.45, 2.75) is 33.7 Å². The van der Waals surface area contributed by atoms with Gasteiger partial charge in [0.25, 0.3) is 0 Å². The van der Waals surface area contributed by atoms with E-state index >= 15 is 0 Å². The zero-order chi connectivity index (χ0) is 13.3. The van der Waals surface area contributed by atoms with Crippen molar-refractivity contribution >= 4 is 11.9 Å². The van der Waals surface area contributed by atoms with Crippen LogP contribution in [-0.4, -0.2) is 24.5 Å². The van der Waals surface area contributed by atoms with Crippen molar-refractivity contribution < 1.29 is 0 Å². The predicted molar refractivity (Wildman–Crippen MR) is 69.7 cm³/mol. The van der Waals surface area contributed by atoms with Gasteiger partial charge in [-0.05, 0) is 13.8 Å². The highest BCUT2D eigenvalue weighted by molar-refractivity contribution is 5.56. The van der Waals surface area contributed by atoms with Gasteiger partial charge in [-0.25, -0.2) is 4.98 Å². The predicted octanol–water partition coefficient (Wildman–Crippen LogP) is 0.790. The molecule has 0 saturated heterocycles. The number of nitrogens with two attached hydrogens (primary N) is 2. The van der Waals surface area contributed by atoms with Gasteiger partial charge < -0.3 is 16.0 Å². The van der Waals surface area contributed by atoms with Gasteiger partial charge in [0.1, 0.15) is 11.5 Å². The summed E-state index contributed by atoms with van der Waals surface area (Å²) in [4.78, 5) is 16.6. The minimum atomic E-state index is 0.124. The van der Waals surface area contributed by atoms with Crippen molar-refractivity contribution in [1.29, 1.82) is 0 Å². The first-order chi connectivity index (χ1) is 8.56. The quantitative estimate of drug-likeness (QED) is 0.830. The van der Waals surface area contributed by atoms with Crippen LogP contribution in [0.4, 0.5) is 11.9 Å². The number of anilines is 2. The maximum absolute atomic E-state index is 5.61. The summed E-state index contributed by atoms with van der Waals surface area (Å²) in [6, 6.07) is 0. The van der Waals surface area contributed by atoms with Gasteiger partial charge in [-0.1, -0.05) is 6.92 Å². The Bertz CT molecular complexity index is 553. The molecule has 0 radical (unpaired) electrons. The fourth-order valence-electron chi connectivity index (χ4n) is 2.04. The van der Waals surface area contributed by atoms with E-state index in [4.69, 9.17) is 11.5 Å². The second-order valence-electron chi connectivity index (χ2n) is 3.94. The summed E-state index contributed by atoms with van der Waals surface area (Å²) >= 11 is 0. The fraction of sp³-hybridized carbons (Fsp3) is 0.455. The number of nitrogens with zero attached hydrogens (tertiary/aromatic N) is 5. The van der Waals surface area contributed by atoms with Gasteiger partial charge in [0, 0.05) is 13.0 Å². The second kappa shape index (κ2) is 4.59. The van der Waals surface area contributed by atoms with Crippen LogP contribution < -0.4 is 11.5 Å². The van der Waals surface area contributed by atoms with Crippen LogP contribution in [-0.2, 0) is 13.0 Å². The molecule has 0 fully saturated rings. The summed E-state index contributed by atoms with van der Waals surface area (Å²) in [5.41, 5.74) is 12.9. The Hall–Kier alpha value is -2.18. The molecule has 4 N–H and O–H groups in total. The van der Waals surface area contributed by atoms with Crippen LogP contribution in [0.25, 0.3) is 11.5 Å². The Morgan fingerprint density at radius 3 is 2.11 bits per heavy atom. The van der Waals surface area contributed by atoms with Gasteiger partial charge in [0.2, 0.25) is 11.9 Å². The first-order valence-electron chi connectivity index (χ1n) is 5.90. The highest BCUT2D eigenvalue weighted by Gasteiger charge is 2.17. The molecule has 0 spiro atoms. The normalized spacial score (nSPS) is 10.8. The zero-order valence-corrected chi connectivity index (χ0v) is 10.8. The molecule has 18 heavy (non-hydrogen) atoms. The third-order valence-corrected chi connectivity index (χ3v) is 2.74. The summed E-state index contributed by atoms with van der Waals surface area (Å²) < 4.78 is 2.07. The summed E-state index contributed by atoms with van der Waals surface area (Å²) in [6.45, 7) is 6.84. The van der Waals surface area contributed by atoms with E-state index in [1.165, 1.54) is 0 Å². The molecule has 0 aliphatic heterocycles. The highest BCUT2D eigenvalue weighted by atomic mass is 15.2. The third-order valence-electron chi connectivity index (χ3n) is 2.74. The molecule has 7 nitrogen and oxygen atoms in total. The van der Waals surface area contributed by atoms with Crippen LogP contribution >= 0.6 is 0 Å². The number of nitrogen functional groups attached to an aromatic ring is 2. The standard InChI is InChI=1S/C11H17N7/c1-4-7-14-6(3)8(18(7)5-2)9-15-10(12)17-11(13)16-9/h4-5H2,1-3H3,(H4,12,13,15,16,17). The number of hydrogen-bond acceptors (Lipinski definition) is 6. The Morgan fingerprint density at radius 1 is 1.00 bits per heavy atom. The van der Waals surface area contributed by atoms with E-state index in [9.17, 15) is 0 Å². The van der Waals surface area contributed by atoms with Crippen molar-refractivity contribution in [3.05, 3.63) is 11.5 Å². The molecular formula is C11H17N7. The van der Waals surface area contributed by atoms with E-state index in [2.05, 4.69) is 38.4 Å². The first kappa shape index (κ1) is 12.3. The van der Waals surface area contributed by atoms with Crippen molar-refractivity contribution in [1.82, 2.24) is 24.5 Å². The molecule has 2 heterocycles. The van der Waals surface area contributed by atoms with Crippen LogP contribution in [0.1, 0.15) is 25.4 Å². The fourth-order valence-corrected chi connectivity index (χ4v) is 2.04. The van der Waals surface area contributed by atoms with Gasteiger partial charge in [-0.15, -0.1) is 0 Å². The Labute approximate surface area is 105 Å². The van der Waals surface area contributed by atoms with Gasteiger partial charge in [0.05, 0.1) is 5.69 Å². The van der Waals surface area contributed by atoms with Crippen LogP contribution in [0, 0.1) is 6.92 Å². The molecule has 2 aromatic rings. The maximum atomic E-state index is 5.61. The van der Waals surface area contributed by atoms with Crippen molar-refractivity contribution in [2.24, 2.45) is 0 Å². The monoisotopic (exact) mass is 247 g/mol. The van der Waals surface area contributed by atoms with Gasteiger partial charge >= 0.3 is 0 Å². The Morgan fingerprint density at radius 2 is 1.61 bits per heavy atom. The summed E-state index contributed by atoms with van der Waals surface area (Å²) in [5.74, 6) is 1.73. The SMILES string of the molecule is CCc1nc(C)c(-c2nc(N)nc(N)n2)n1CC. The molecule has 0 aliphatic rings. The van der Waals surface area contributed by atoms with E-state index in [-0.39, 0.29) is 11.9 Å². The average Bonchev–Trinajstić information content (AvgIpc) is 2.63. The molecule has 96 valence electrons. The van der Waals surface area contributed by atoms with Crippen LogP contribution in [0.2, 0.25) is 0 Å². The lowest BCUT2D eigenvalue weighted by Crippen LogP contribution is -2.08. The molecule has 0 unspecified atom stereocenters. The number of hydrogen-bond donors (Lipinski definition) is 2. The minimum absolute atomic E-state index is 0.124. The molecule has 2 rings (SSSR count). The summed E-state index contributed by atoms with van der Waals surface area (Å²) in [7, 11) is 0. The van der Waals surface area contributed by atoms with Crippen LogP contribution in [0.3, 0.4) is 0 Å². The van der Waals surface area contributed by atoms with Crippen LogP contribution in [0.15, 0.2) is 0 Å². The number of imidazole rings is 1. The number of rotatable bonds is 3. The van der Waals surface area contributed by atoms with Crippen molar-refractivity contribution in [3.8, 4) is 11.5 Å². The van der Waals surface area contributed by atoms with Gasteiger partial charge in [-0.2, -0.15) is 15.0 Å². The van der Waals surface area contributed by atoms with Crippen LogP contribution in [0.5, 0.6) is 0 Å². The highest BCUT2D eigenvalue weighted by Crippen LogP contribution is 2.22. The number of aryl methyl sites for hydroxylation is 2. The van der Waals surface area contributed by atoms with E-state index in [1.54, 1.807) is 0 Å². The van der Waals surface area contributed by atoms with E-state index in [1.807, 2.05) is 6.92 Å². The molecular weight excluding hydrogens is 230 g/mol. The number of aromatic nitrogens is 5. The van der Waals surface area contributed by atoms with Crippen molar-refractivity contribution in [2.75, 3.05) is 11.5 Å². The Kier molecular flexibility index (Phi) is 3.14. The molecule has 2 aromatic heterocycles. The lowest BCUT2D eigenvalue weighted by Gasteiger charge is -2.08. The maximum Gasteiger partial charge on any atom is 0.225 e. The smallest absolute Gasteiger partial charge is 0.225 e.